The van der Waals surface area contributed by atoms with Gasteiger partial charge in [-0.25, -0.2) is 8.78 Å². The van der Waals surface area contributed by atoms with Crippen LogP contribution in [-0.4, -0.2) is 52.6 Å². The molecule has 1 aromatic rings. The zero-order valence-electron chi connectivity index (χ0n) is 12.8. The van der Waals surface area contributed by atoms with Crippen LogP contribution in [0.15, 0.2) is 24.3 Å². The summed E-state index contributed by atoms with van der Waals surface area (Å²) in [6.07, 6.45) is -0.208. The number of imide groups is 1. The fraction of sp³-hybridized carbons (Fsp3) is 0.438. The summed E-state index contributed by atoms with van der Waals surface area (Å²) in [6, 6.07) is 4.08. The Bertz CT molecular complexity index is 669. The molecular formula is C16H16F2N2O3. The Kier molecular flexibility index (Phi) is 3.46. The summed E-state index contributed by atoms with van der Waals surface area (Å²) in [5.74, 6) is -4.63. The van der Waals surface area contributed by atoms with E-state index in [2.05, 4.69) is 0 Å². The molecule has 0 bridgehead atoms. The van der Waals surface area contributed by atoms with Crippen molar-refractivity contribution in [1.82, 2.24) is 9.80 Å². The van der Waals surface area contributed by atoms with Crippen molar-refractivity contribution in [2.24, 2.45) is 0 Å². The van der Waals surface area contributed by atoms with Gasteiger partial charge >= 0.3 is 0 Å². The van der Waals surface area contributed by atoms with Gasteiger partial charge < -0.3 is 4.90 Å². The summed E-state index contributed by atoms with van der Waals surface area (Å²) in [4.78, 5) is 39.2. The first-order valence-corrected chi connectivity index (χ1v) is 7.41. The molecule has 23 heavy (non-hydrogen) atoms. The summed E-state index contributed by atoms with van der Waals surface area (Å²) in [7, 11) is 1.29. The van der Waals surface area contributed by atoms with E-state index in [-0.39, 0.29) is 24.0 Å². The Balaban J connectivity index is 1.86. The Labute approximate surface area is 131 Å². The molecule has 1 aliphatic heterocycles. The molecule has 2 atom stereocenters. The van der Waals surface area contributed by atoms with Crippen molar-refractivity contribution in [3.63, 3.8) is 0 Å². The van der Waals surface area contributed by atoms with Gasteiger partial charge in [-0.15, -0.1) is 0 Å². The SMILES string of the molecule is CC[C@@H](C(=O)N(C)C1CC1(F)F)N1C(=O)c2ccccc2C1=O. The minimum atomic E-state index is -2.88. The highest BCUT2D eigenvalue weighted by Gasteiger charge is 2.61. The van der Waals surface area contributed by atoms with E-state index in [4.69, 9.17) is 0 Å². The van der Waals surface area contributed by atoms with Crippen molar-refractivity contribution in [3.8, 4) is 0 Å². The van der Waals surface area contributed by atoms with Crippen molar-refractivity contribution < 1.29 is 23.2 Å². The van der Waals surface area contributed by atoms with Gasteiger partial charge in [0, 0.05) is 13.5 Å². The van der Waals surface area contributed by atoms with Gasteiger partial charge in [-0.05, 0) is 18.6 Å². The van der Waals surface area contributed by atoms with Gasteiger partial charge in [0.15, 0.2) is 0 Å². The van der Waals surface area contributed by atoms with Crippen LogP contribution in [0.2, 0.25) is 0 Å². The van der Waals surface area contributed by atoms with Crippen LogP contribution in [0, 0.1) is 0 Å². The third kappa shape index (κ3) is 2.31. The number of carbonyl (C=O) groups is 3. The minimum Gasteiger partial charge on any atom is -0.335 e. The summed E-state index contributed by atoms with van der Waals surface area (Å²) >= 11 is 0. The fourth-order valence-electron chi connectivity index (χ4n) is 2.97. The van der Waals surface area contributed by atoms with E-state index in [0.29, 0.717) is 0 Å². The number of amides is 3. The smallest absolute Gasteiger partial charge is 0.270 e. The molecule has 1 unspecified atom stereocenters. The van der Waals surface area contributed by atoms with Crippen molar-refractivity contribution >= 4 is 17.7 Å². The van der Waals surface area contributed by atoms with Gasteiger partial charge in [0.05, 0.1) is 11.1 Å². The second-order valence-electron chi connectivity index (χ2n) is 5.88. The second-order valence-corrected chi connectivity index (χ2v) is 5.88. The molecule has 1 fully saturated rings. The standard InChI is InChI=1S/C16H16F2N2O3/c1-3-11(15(23)19(2)12-8-16(12,17)18)20-13(21)9-6-4-5-7-10(9)14(20)22/h4-7,11-12H,3,8H2,1-2H3/t11-,12?/m0/s1. The molecule has 3 rings (SSSR count). The van der Waals surface area contributed by atoms with Crippen LogP contribution in [0.1, 0.15) is 40.5 Å². The van der Waals surface area contributed by atoms with E-state index < -0.39 is 35.7 Å². The summed E-state index contributed by atoms with van der Waals surface area (Å²) in [5, 5.41) is 0. The lowest BCUT2D eigenvalue weighted by Gasteiger charge is -2.28. The van der Waals surface area contributed by atoms with E-state index >= 15 is 0 Å². The van der Waals surface area contributed by atoms with Crippen LogP contribution in [0.5, 0.6) is 0 Å². The number of rotatable bonds is 4. The normalized spacial score (nSPS) is 22.8. The predicted molar refractivity (Wildman–Crippen MR) is 77.1 cm³/mol. The molecule has 2 aliphatic rings. The highest BCUT2D eigenvalue weighted by atomic mass is 19.3. The molecule has 0 radical (unpaired) electrons. The number of benzene rings is 1. The highest BCUT2D eigenvalue weighted by molar-refractivity contribution is 6.22. The van der Waals surface area contributed by atoms with Gasteiger partial charge in [0.2, 0.25) is 5.91 Å². The molecule has 1 heterocycles. The van der Waals surface area contributed by atoms with Gasteiger partial charge in [-0.3, -0.25) is 19.3 Å². The quantitative estimate of drug-likeness (QED) is 0.796. The van der Waals surface area contributed by atoms with Crippen LogP contribution < -0.4 is 0 Å². The highest BCUT2D eigenvalue weighted by Crippen LogP contribution is 2.45. The molecule has 0 aromatic heterocycles. The lowest BCUT2D eigenvalue weighted by atomic mass is 10.1. The van der Waals surface area contributed by atoms with Gasteiger partial charge in [0.25, 0.3) is 17.7 Å². The maximum absolute atomic E-state index is 13.2. The lowest BCUT2D eigenvalue weighted by Crippen LogP contribution is -2.50. The number of hydrogen-bond donors (Lipinski definition) is 0. The van der Waals surface area contributed by atoms with Crippen LogP contribution >= 0.6 is 0 Å². The zero-order valence-corrected chi connectivity index (χ0v) is 12.8. The number of fused-ring (bicyclic) bond motifs is 1. The first-order valence-electron chi connectivity index (χ1n) is 7.41. The van der Waals surface area contributed by atoms with E-state index in [1.165, 1.54) is 19.2 Å². The summed E-state index contributed by atoms with van der Waals surface area (Å²) in [5.41, 5.74) is 0.478. The number of halogens is 2. The van der Waals surface area contributed by atoms with Crippen molar-refractivity contribution in [1.29, 1.82) is 0 Å². The Hall–Kier alpha value is -2.31. The molecule has 1 saturated carbocycles. The molecule has 1 aliphatic carbocycles. The maximum Gasteiger partial charge on any atom is 0.270 e. The van der Waals surface area contributed by atoms with Gasteiger partial charge in [-0.1, -0.05) is 19.1 Å². The molecule has 122 valence electrons. The zero-order chi connectivity index (χ0) is 16.9. The molecule has 3 amide bonds. The predicted octanol–water partition coefficient (Wildman–Crippen LogP) is 1.93. The first kappa shape index (κ1) is 15.6. The largest absolute Gasteiger partial charge is 0.335 e. The number of carbonyl (C=O) groups excluding carboxylic acids is 3. The fourth-order valence-corrected chi connectivity index (χ4v) is 2.97. The van der Waals surface area contributed by atoms with Crippen LogP contribution in [0.3, 0.4) is 0 Å². The summed E-state index contributed by atoms with van der Waals surface area (Å²) in [6.45, 7) is 1.64. The number of likely N-dealkylation sites (N-methyl/N-ethyl adjacent to an activating group) is 1. The second kappa shape index (κ2) is 5.11. The maximum atomic E-state index is 13.2. The average Bonchev–Trinajstić information content (AvgIpc) is 3.10. The first-order chi connectivity index (χ1) is 10.8. The Morgan fingerprint density at radius 2 is 1.78 bits per heavy atom. The van der Waals surface area contributed by atoms with Gasteiger partial charge in [0.1, 0.15) is 12.1 Å². The number of nitrogens with zero attached hydrogens (tertiary/aromatic N) is 2. The molecular weight excluding hydrogens is 306 g/mol. The molecule has 0 saturated heterocycles. The van der Waals surface area contributed by atoms with Gasteiger partial charge in [-0.2, -0.15) is 0 Å². The molecule has 7 heteroatoms. The number of hydrogen-bond acceptors (Lipinski definition) is 3. The molecule has 0 spiro atoms. The molecule has 1 aromatic carbocycles. The van der Waals surface area contributed by atoms with Crippen molar-refractivity contribution in [2.75, 3.05) is 7.05 Å². The van der Waals surface area contributed by atoms with Crippen LogP contribution in [0.4, 0.5) is 8.78 Å². The Morgan fingerprint density at radius 3 is 2.17 bits per heavy atom. The minimum absolute atomic E-state index is 0.174. The Morgan fingerprint density at radius 1 is 1.30 bits per heavy atom. The van der Waals surface area contributed by atoms with E-state index in [9.17, 15) is 23.2 Å². The average molecular weight is 322 g/mol. The van der Waals surface area contributed by atoms with Crippen LogP contribution in [0.25, 0.3) is 0 Å². The van der Waals surface area contributed by atoms with Crippen molar-refractivity contribution in [3.05, 3.63) is 35.4 Å². The van der Waals surface area contributed by atoms with Crippen molar-refractivity contribution in [2.45, 2.75) is 37.8 Å². The lowest BCUT2D eigenvalue weighted by molar-refractivity contribution is -0.136. The van der Waals surface area contributed by atoms with E-state index in [1.807, 2.05) is 0 Å². The van der Waals surface area contributed by atoms with E-state index in [0.717, 1.165) is 9.80 Å². The molecule has 0 N–H and O–H groups in total. The van der Waals surface area contributed by atoms with E-state index in [1.54, 1.807) is 19.1 Å². The topological polar surface area (TPSA) is 57.7 Å². The summed E-state index contributed by atoms with van der Waals surface area (Å²) < 4.78 is 26.4. The monoisotopic (exact) mass is 322 g/mol. The third-order valence-electron chi connectivity index (χ3n) is 4.42. The number of alkyl halides is 2. The third-order valence-corrected chi connectivity index (χ3v) is 4.42. The van der Waals surface area contributed by atoms with Crippen LogP contribution in [-0.2, 0) is 4.79 Å². The molecule has 5 nitrogen and oxygen atoms in total.